The summed E-state index contributed by atoms with van der Waals surface area (Å²) < 4.78 is 11.6. The molecular formula is C35H50N4O4. The lowest BCUT2D eigenvalue weighted by Gasteiger charge is -2.38. The van der Waals surface area contributed by atoms with E-state index in [4.69, 9.17) is 14.7 Å². The monoisotopic (exact) mass is 590 g/mol. The van der Waals surface area contributed by atoms with Gasteiger partial charge in [-0.25, -0.2) is 4.79 Å². The molecule has 2 amide bonds. The number of likely N-dealkylation sites (tertiary alicyclic amines) is 1. The van der Waals surface area contributed by atoms with Crippen molar-refractivity contribution in [3.63, 3.8) is 0 Å². The third-order valence-corrected chi connectivity index (χ3v) is 8.94. The van der Waals surface area contributed by atoms with Gasteiger partial charge in [0.1, 0.15) is 0 Å². The number of aliphatic hydroxyl groups excluding tert-OH is 1. The first-order valence-electron chi connectivity index (χ1n) is 16.2. The van der Waals surface area contributed by atoms with Crippen LogP contribution in [-0.2, 0) is 16.0 Å². The Hall–Kier alpha value is -2.96. The highest BCUT2D eigenvalue weighted by molar-refractivity contribution is 5.74. The lowest BCUT2D eigenvalue weighted by Crippen LogP contribution is -2.54. The van der Waals surface area contributed by atoms with Gasteiger partial charge in [-0.3, -0.25) is 0 Å². The first-order valence-corrected chi connectivity index (χ1v) is 16.2. The Morgan fingerprint density at radius 3 is 2.53 bits per heavy atom. The number of urea groups is 1. The fourth-order valence-corrected chi connectivity index (χ4v) is 6.55. The predicted octanol–water partition coefficient (Wildman–Crippen LogP) is 5.56. The fourth-order valence-electron chi connectivity index (χ4n) is 6.55. The number of ether oxygens (including phenoxy) is 2. The molecule has 0 bridgehead atoms. The minimum Gasteiger partial charge on any atom is -0.390 e. The van der Waals surface area contributed by atoms with Gasteiger partial charge < -0.3 is 30.1 Å². The van der Waals surface area contributed by atoms with Crippen LogP contribution in [0.5, 0.6) is 0 Å². The summed E-state index contributed by atoms with van der Waals surface area (Å²) in [4.78, 5) is 15.6. The maximum atomic E-state index is 13.7. The lowest BCUT2D eigenvalue weighted by molar-refractivity contribution is -0.0171. The number of piperidine rings is 1. The van der Waals surface area contributed by atoms with Gasteiger partial charge in [-0.15, -0.1) is 0 Å². The molecule has 2 aromatic rings. The molecule has 0 spiro atoms. The Bertz CT molecular complexity index is 1120. The van der Waals surface area contributed by atoms with Crippen LogP contribution in [0.3, 0.4) is 0 Å². The van der Waals surface area contributed by atoms with Gasteiger partial charge in [0, 0.05) is 52.4 Å². The van der Waals surface area contributed by atoms with E-state index in [0.717, 1.165) is 49.7 Å². The zero-order valence-electron chi connectivity index (χ0n) is 25.8. The number of amides is 2. The van der Waals surface area contributed by atoms with Crippen LogP contribution < -0.4 is 10.6 Å². The van der Waals surface area contributed by atoms with Gasteiger partial charge >= 0.3 is 6.03 Å². The summed E-state index contributed by atoms with van der Waals surface area (Å²) in [6, 6.07) is 19.5. The Kier molecular flexibility index (Phi) is 13.8. The fraction of sp³-hybridized carbons (Fsp3) is 0.600. The van der Waals surface area contributed by atoms with Crippen molar-refractivity contribution in [1.82, 2.24) is 15.5 Å². The Morgan fingerprint density at radius 2 is 1.81 bits per heavy atom. The summed E-state index contributed by atoms with van der Waals surface area (Å²) in [6.07, 6.45) is 8.78. The van der Waals surface area contributed by atoms with Crippen molar-refractivity contribution in [1.29, 1.82) is 5.26 Å². The Balaban J connectivity index is 1.37. The normalized spacial score (nSPS) is 19.7. The van der Waals surface area contributed by atoms with E-state index in [1.807, 2.05) is 35.2 Å². The maximum absolute atomic E-state index is 13.7. The molecule has 1 saturated heterocycles. The number of carbonyl (C=O) groups is 1. The molecule has 4 atom stereocenters. The molecule has 43 heavy (non-hydrogen) atoms. The van der Waals surface area contributed by atoms with Crippen molar-refractivity contribution < 1.29 is 19.4 Å². The van der Waals surface area contributed by atoms with E-state index >= 15 is 0 Å². The molecule has 2 fully saturated rings. The summed E-state index contributed by atoms with van der Waals surface area (Å²) >= 11 is 0. The summed E-state index contributed by atoms with van der Waals surface area (Å²) in [5.41, 5.74) is 2.83. The molecule has 3 N–H and O–H groups in total. The van der Waals surface area contributed by atoms with Crippen LogP contribution in [0.2, 0.25) is 0 Å². The predicted molar refractivity (Wildman–Crippen MR) is 168 cm³/mol. The lowest BCUT2D eigenvalue weighted by atomic mass is 9.83. The highest BCUT2D eigenvalue weighted by Crippen LogP contribution is 2.33. The Morgan fingerprint density at radius 1 is 1.05 bits per heavy atom. The SMILES string of the molecule is COCCCOC(c1ccccc1)C1CCCN(C(=O)N[C@@H](CC2CCCCC2)[C@H](O)CNCc2ccc(C#N)cc2)C1. The number of nitriles is 1. The molecule has 2 aliphatic rings. The second-order valence-corrected chi connectivity index (χ2v) is 12.2. The van der Waals surface area contributed by atoms with Crippen molar-refractivity contribution in [2.75, 3.05) is 40.0 Å². The second-order valence-electron chi connectivity index (χ2n) is 12.2. The number of hydrogen-bond donors (Lipinski definition) is 3. The van der Waals surface area contributed by atoms with Crippen molar-refractivity contribution in [2.24, 2.45) is 11.8 Å². The summed E-state index contributed by atoms with van der Waals surface area (Å²) in [7, 11) is 1.70. The maximum Gasteiger partial charge on any atom is 0.317 e. The van der Waals surface area contributed by atoms with Crippen molar-refractivity contribution in [2.45, 2.75) is 82.6 Å². The number of rotatable bonds is 15. The molecular weight excluding hydrogens is 540 g/mol. The Labute approximate surface area is 257 Å². The molecule has 8 nitrogen and oxygen atoms in total. The van der Waals surface area contributed by atoms with E-state index in [-0.39, 0.29) is 24.1 Å². The third-order valence-electron chi connectivity index (χ3n) is 8.94. The molecule has 1 heterocycles. The average molecular weight is 591 g/mol. The van der Waals surface area contributed by atoms with Gasteiger partial charge in [0.25, 0.3) is 0 Å². The van der Waals surface area contributed by atoms with Crippen LogP contribution in [0.1, 0.15) is 80.6 Å². The van der Waals surface area contributed by atoms with Crippen LogP contribution in [0.15, 0.2) is 54.6 Å². The highest BCUT2D eigenvalue weighted by atomic mass is 16.5. The molecule has 1 aliphatic heterocycles. The molecule has 2 unspecified atom stereocenters. The van der Waals surface area contributed by atoms with E-state index in [1.165, 1.54) is 19.3 Å². The van der Waals surface area contributed by atoms with Crippen LogP contribution in [0.4, 0.5) is 4.79 Å². The van der Waals surface area contributed by atoms with Crippen LogP contribution >= 0.6 is 0 Å². The largest absolute Gasteiger partial charge is 0.390 e. The van der Waals surface area contributed by atoms with Crippen LogP contribution in [0.25, 0.3) is 0 Å². The number of benzene rings is 2. The van der Waals surface area contributed by atoms with Gasteiger partial charge in [-0.1, -0.05) is 74.6 Å². The van der Waals surface area contributed by atoms with Crippen molar-refractivity contribution >= 4 is 6.03 Å². The van der Waals surface area contributed by atoms with Crippen molar-refractivity contribution in [3.8, 4) is 6.07 Å². The zero-order valence-corrected chi connectivity index (χ0v) is 25.8. The first kappa shape index (κ1) is 32.9. The van der Waals surface area contributed by atoms with Crippen LogP contribution in [-0.4, -0.2) is 68.1 Å². The minimum absolute atomic E-state index is 0.0799. The quantitative estimate of drug-likeness (QED) is 0.235. The molecule has 0 radical (unpaired) electrons. The third kappa shape index (κ3) is 10.6. The summed E-state index contributed by atoms with van der Waals surface area (Å²) in [5.74, 6) is 0.713. The van der Waals surface area contributed by atoms with Gasteiger partial charge in [-0.2, -0.15) is 5.26 Å². The summed E-state index contributed by atoms with van der Waals surface area (Å²) in [5, 5.41) is 27.0. The standard InChI is InChI=1S/C35H50N4O4/c1-42-20-9-21-43-34(30-12-6-3-7-13-30)31-14-8-19-39(26-31)35(41)38-32(22-27-10-4-2-5-11-27)33(40)25-37-24-29-17-15-28(23-36)16-18-29/h3,6-7,12-13,15-18,27,31-34,37,40H,2,4-5,8-11,14,19-22,24-26H2,1H3,(H,38,41)/t31?,32-,33+,34?/m0/s1. The molecule has 8 heteroatoms. The zero-order chi connectivity index (χ0) is 30.3. The van der Waals surface area contributed by atoms with E-state index in [0.29, 0.717) is 50.9 Å². The van der Waals surface area contributed by atoms with Crippen LogP contribution in [0, 0.1) is 23.2 Å². The first-order chi connectivity index (χ1) is 21.1. The van der Waals surface area contributed by atoms with E-state index in [2.05, 4.69) is 28.8 Å². The molecule has 234 valence electrons. The molecule has 1 saturated carbocycles. The van der Waals surface area contributed by atoms with Gasteiger partial charge in [0.05, 0.1) is 29.9 Å². The number of aliphatic hydroxyl groups is 1. The number of nitrogens with one attached hydrogen (secondary N) is 2. The summed E-state index contributed by atoms with van der Waals surface area (Å²) in [6.45, 7) is 3.57. The van der Waals surface area contributed by atoms with E-state index in [1.54, 1.807) is 19.2 Å². The molecule has 2 aromatic carbocycles. The topological polar surface area (TPSA) is 107 Å². The second kappa shape index (κ2) is 18.0. The number of hydrogen-bond acceptors (Lipinski definition) is 6. The molecule has 0 aromatic heterocycles. The van der Waals surface area contributed by atoms with Gasteiger partial charge in [-0.05, 0) is 54.9 Å². The number of carbonyl (C=O) groups excluding carboxylic acids is 1. The van der Waals surface area contributed by atoms with E-state index < -0.39 is 6.10 Å². The van der Waals surface area contributed by atoms with Gasteiger partial charge in [0.2, 0.25) is 0 Å². The molecule has 4 rings (SSSR count). The van der Waals surface area contributed by atoms with Crippen molar-refractivity contribution in [3.05, 3.63) is 71.3 Å². The minimum atomic E-state index is -0.703. The molecule has 1 aliphatic carbocycles. The number of methoxy groups -OCH3 is 1. The highest BCUT2D eigenvalue weighted by Gasteiger charge is 2.33. The van der Waals surface area contributed by atoms with Gasteiger partial charge in [0.15, 0.2) is 0 Å². The average Bonchev–Trinajstić information content (AvgIpc) is 3.05. The van der Waals surface area contributed by atoms with E-state index in [9.17, 15) is 9.90 Å². The smallest absolute Gasteiger partial charge is 0.317 e. The number of nitrogens with zero attached hydrogens (tertiary/aromatic N) is 2.